The van der Waals surface area contributed by atoms with Crippen LogP contribution in [0.3, 0.4) is 0 Å². The van der Waals surface area contributed by atoms with Crippen LogP contribution in [0.25, 0.3) is 27.1 Å². The zero-order valence-corrected chi connectivity index (χ0v) is 20.6. The summed E-state index contributed by atoms with van der Waals surface area (Å²) in [4.78, 5) is 0. The molecule has 4 rings (SSSR count). The van der Waals surface area contributed by atoms with Crippen molar-refractivity contribution in [2.75, 3.05) is 0 Å². The largest absolute Gasteiger partial charge is 1.00 e. The van der Waals surface area contributed by atoms with E-state index in [1.54, 1.807) is 23.3 Å². The quantitative estimate of drug-likeness (QED) is 0.353. The van der Waals surface area contributed by atoms with Crippen LogP contribution in [0.4, 0.5) is 0 Å². The van der Waals surface area contributed by atoms with Crippen molar-refractivity contribution in [1.29, 1.82) is 0 Å². The number of benzene rings is 2. The van der Waals surface area contributed by atoms with Gasteiger partial charge in [-0.05, 0) is 20.3 Å². The molecule has 0 N–H and O–H groups in total. The predicted molar refractivity (Wildman–Crippen MR) is 106 cm³/mol. The number of halogens is 2. The van der Waals surface area contributed by atoms with Crippen LogP contribution < -0.4 is 24.8 Å². The second kappa shape index (κ2) is 10.1. The fourth-order valence-electron chi connectivity index (χ4n) is 3.38. The molecule has 0 saturated carbocycles. The number of hydrogen-bond acceptors (Lipinski definition) is 0. The zero-order valence-electron chi connectivity index (χ0n) is 15.7. The van der Waals surface area contributed by atoms with Crippen molar-refractivity contribution in [2.45, 2.75) is 33.4 Å². The molecule has 4 heteroatoms. The first-order chi connectivity index (χ1) is 11.5. The summed E-state index contributed by atoms with van der Waals surface area (Å²) in [6.45, 7) is 9.09. The van der Waals surface area contributed by atoms with Gasteiger partial charge in [-0.3, -0.25) is 0 Å². The molecule has 1 aliphatic rings. The fraction of sp³-hybridized carbons (Fsp3) is 0.227. The smallest absolute Gasteiger partial charge is 0.0159 e. The SMILES string of the molecule is C[Si](C)=[Zr+2].Cc1cc2c([cH-]c3ccccc32)c(C2=CC=CC2)c1C.[Cl-].[Cl-]. The van der Waals surface area contributed by atoms with Gasteiger partial charge in [0.1, 0.15) is 0 Å². The minimum atomic E-state index is 0. The molecule has 26 heavy (non-hydrogen) atoms. The maximum atomic E-state index is 2.35. The van der Waals surface area contributed by atoms with E-state index < -0.39 is 0 Å². The first-order valence-corrected chi connectivity index (χ1v) is 14.6. The molecule has 0 radical (unpaired) electrons. The molecule has 0 spiro atoms. The Morgan fingerprint density at radius 1 is 1.04 bits per heavy atom. The zero-order chi connectivity index (χ0) is 17.3. The minimum Gasteiger partial charge on any atom is -1.00 e. The Morgan fingerprint density at radius 2 is 1.69 bits per heavy atom. The van der Waals surface area contributed by atoms with Crippen LogP contribution >= 0.6 is 0 Å². The Balaban J connectivity index is 0.000000516. The van der Waals surface area contributed by atoms with E-state index in [9.17, 15) is 0 Å². The van der Waals surface area contributed by atoms with Gasteiger partial charge in [-0.1, -0.05) is 64.8 Å². The summed E-state index contributed by atoms with van der Waals surface area (Å²) in [7, 11) is 0. The van der Waals surface area contributed by atoms with Gasteiger partial charge in [-0.2, -0.15) is 0 Å². The monoisotopic (exact) mass is 475 g/mol. The van der Waals surface area contributed by atoms with Gasteiger partial charge in [0.05, 0.1) is 0 Å². The van der Waals surface area contributed by atoms with Crippen LogP contribution in [-0.2, 0) is 23.3 Å². The molecule has 1 aliphatic carbocycles. The van der Waals surface area contributed by atoms with Gasteiger partial charge in [0, 0.05) is 0 Å². The molecule has 3 aromatic carbocycles. The van der Waals surface area contributed by atoms with Crippen molar-refractivity contribution in [2.24, 2.45) is 0 Å². The molecular weight excluding hydrogens is 454 g/mol. The van der Waals surface area contributed by atoms with E-state index in [2.05, 4.69) is 81.6 Å². The summed E-state index contributed by atoms with van der Waals surface area (Å²) in [6, 6.07) is 13.4. The van der Waals surface area contributed by atoms with Crippen LogP contribution in [0.1, 0.15) is 23.1 Å². The van der Waals surface area contributed by atoms with E-state index in [-0.39, 0.29) is 30.2 Å². The van der Waals surface area contributed by atoms with E-state index in [1.165, 1.54) is 43.8 Å². The van der Waals surface area contributed by atoms with Gasteiger partial charge >= 0.3 is 41.9 Å². The second-order valence-electron chi connectivity index (χ2n) is 6.71. The molecule has 0 unspecified atom stereocenters. The predicted octanol–water partition coefficient (Wildman–Crippen LogP) is 0.464. The van der Waals surface area contributed by atoms with Crippen molar-refractivity contribution in [3.8, 4) is 0 Å². The van der Waals surface area contributed by atoms with E-state index in [0.717, 1.165) is 6.42 Å². The molecule has 0 bridgehead atoms. The van der Waals surface area contributed by atoms with Gasteiger partial charge in [-0.25, -0.2) is 0 Å². The van der Waals surface area contributed by atoms with Crippen molar-refractivity contribution < 1.29 is 48.1 Å². The molecule has 0 aliphatic heterocycles. The maximum absolute atomic E-state index is 2.35. The molecule has 3 aromatic rings. The Labute approximate surface area is 184 Å². The minimum absolute atomic E-state index is 0. The van der Waals surface area contributed by atoms with Crippen LogP contribution in [-0.4, -0.2) is 5.43 Å². The van der Waals surface area contributed by atoms with Crippen molar-refractivity contribution in [3.63, 3.8) is 0 Å². The number of hydrogen-bond donors (Lipinski definition) is 0. The van der Waals surface area contributed by atoms with E-state index in [0.29, 0.717) is 0 Å². The molecule has 0 fully saturated rings. The number of allylic oxidation sites excluding steroid dienone is 4. The third-order valence-corrected chi connectivity index (χ3v) is 4.53. The summed E-state index contributed by atoms with van der Waals surface area (Å²) in [6.07, 6.45) is 7.73. The molecule has 0 saturated heterocycles. The average Bonchev–Trinajstić information content (AvgIpc) is 3.16. The van der Waals surface area contributed by atoms with Gasteiger partial charge < -0.3 is 24.8 Å². The molecule has 0 nitrogen and oxygen atoms in total. The molecule has 134 valence electrons. The third kappa shape index (κ3) is 4.84. The van der Waals surface area contributed by atoms with Crippen LogP contribution in [0, 0.1) is 13.8 Å². The summed E-state index contributed by atoms with van der Waals surface area (Å²) in [5, 5.41) is 5.52. The molecule has 0 atom stereocenters. The first kappa shape index (κ1) is 23.5. The van der Waals surface area contributed by atoms with Crippen LogP contribution in [0.2, 0.25) is 13.1 Å². The van der Waals surface area contributed by atoms with Crippen LogP contribution in [0.15, 0.2) is 54.6 Å². The van der Waals surface area contributed by atoms with Crippen molar-refractivity contribution in [3.05, 3.63) is 71.3 Å². The first-order valence-electron chi connectivity index (χ1n) is 8.45. The van der Waals surface area contributed by atoms with E-state index >= 15 is 0 Å². The maximum Gasteiger partial charge on any atom is -0.0159 e. The standard InChI is InChI=1S/C20H17.C2H6Si.2ClH.Zr/c1-13-11-18-17-10-6-5-9-16(17)12-19(18)20(14(13)2)15-7-3-4-8-15;1-3-2;;;/h3-7,9-12H,8H2,1-2H3;1-2H3;2*1H;/q-1;;;;+2/p-2. The fourth-order valence-corrected chi connectivity index (χ4v) is 3.38. The van der Waals surface area contributed by atoms with Gasteiger partial charge in [0.15, 0.2) is 0 Å². The summed E-state index contributed by atoms with van der Waals surface area (Å²) in [5.41, 5.74) is 5.91. The van der Waals surface area contributed by atoms with Crippen LogP contribution in [0.5, 0.6) is 0 Å². The summed E-state index contributed by atoms with van der Waals surface area (Å²) >= 11 is 1.74. The summed E-state index contributed by atoms with van der Waals surface area (Å²) in [5.74, 6) is 0. The van der Waals surface area contributed by atoms with Gasteiger partial charge in [0.25, 0.3) is 0 Å². The molecule has 0 amide bonds. The Kier molecular flexibility index (Phi) is 9.16. The Morgan fingerprint density at radius 3 is 2.31 bits per heavy atom. The Bertz CT molecular complexity index is 992. The van der Waals surface area contributed by atoms with Crippen molar-refractivity contribution >= 4 is 32.6 Å². The Hall–Kier alpha value is -0.530. The number of aryl methyl sites for hydroxylation is 1. The third-order valence-electron chi connectivity index (χ3n) is 4.53. The molecular formula is C22H23Cl2SiZr-. The molecule has 0 aromatic heterocycles. The number of fused-ring (bicyclic) bond motifs is 3. The van der Waals surface area contributed by atoms with Gasteiger partial charge in [0.2, 0.25) is 0 Å². The topological polar surface area (TPSA) is 0 Å². The van der Waals surface area contributed by atoms with E-state index in [4.69, 9.17) is 0 Å². The summed E-state index contributed by atoms with van der Waals surface area (Å²) < 4.78 is 0. The normalized spacial score (nSPS) is 12.2. The second-order valence-corrected chi connectivity index (χ2v) is 16.1. The van der Waals surface area contributed by atoms with Gasteiger partial charge in [-0.15, -0.1) is 33.7 Å². The average molecular weight is 478 g/mol. The molecule has 0 heterocycles. The van der Waals surface area contributed by atoms with Crippen molar-refractivity contribution in [1.82, 2.24) is 0 Å². The number of rotatable bonds is 1. The van der Waals surface area contributed by atoms with E-state index in [1.807, 2.05) is 0 Å².